The van der Waals surface area contributed by atoms with E-state index in [1.165, 1.54) is 0 Å². The highest BCUT2D eigenvalue weighted by atomic mass is 16.5. The lowest BCUT2D eigenvalue weighted by Gasteiger charge is -2.33. The van der Waals surface area contributed by atoms with Crippen LogP contribution in [-0.4, -0.2) is 65.1 Å². The van der Waals surface area contributed by atoms with Gasteiger partial charge in [0.2, 0.25) is 0 Å². The van der Waals surface area contributed by atoms with E-state index in [-0.39, 0.29) is 12.0 Å². The Bertz CT molecular complexity index is 669. The van der Waals surface area contributed by atoms with Crippen molar-refractivity contribution < 1.29 is 9.53 Å². The van der Waals surface area contributed by atoms with Gasteiger partial charge in [0.1, 0.15) is 11.0 Å². The number of amides is 1. The van der Waals surface area contributed by atoms with Gasteiger partial charge in [0.25, 0.3) is 5.91 Å². The minimum Gasteiger partial charge on any atom is -0.374 e. The van der Waals surface area contributed by atoms with E-state index in [1.54, 1.807) is 18.2 Å². The molecule has 0 saturated carbocycles. The molecular weight excluding hydrogens is 294 g/mol. The van der Waals surface area contributed by atoms with Gasteiger partial charge in [-0.3, -0.25) is 9.69 Å². The molecule has 1 fully saturated rings. The van der Waals surface area contributed by atoms with Crippen LogP contribution in [0.25, 0.3) is 11.0 Å². The van der Waals surface area contributed by atoms with Crippen molar-refractivity contribution in [2.24, 2.45) is 5.92 Å². The smallest absolute Gasteiger partial charge is 0.251 e. The molecule has 124 valence electrons. The summed E-state index contributed by atoms with van der Waals surface area (Å²) in [5, 5.41) is 13.5. The van der Waals surface area contributed by atoms with Crippen LogP contribution in [0.3, 0.4) is 0 Å². The fraction of sp³-hybridized carbons (Fsp3) is 0.562. The zero-order chi connectivity index (χ0) is 16.2. The monoisotopic (exact) mass is 317 g/mol. The highest BCUT2D eigenvalue weighted by Gasteiger charge is 2.21. The number of nitrogens with one attached hydrogen (secondary N) is 2. The Kier molecular flexibility index (Phi) is 4.88. The number of hydrogen-bond acceptors (Lipinski definition) is 5. The third kappa shape index (κ3) is 4.05. The van der Waals surface area contributed by atoms with E-state index < -0.39 is 0 Å². The first-order valence-electron chi connectivity index (χ1n) is 8.04. The average Bonchev–Trinajstić information content (AvgIpc) is 3.00. The Morgan fingerprint density at radius 3 is 3.09 bits per heavy atom. The topological polar surface area (TPSA) is 83.1 Å². The van der Waals surface area contributed by atoms with Crippen molar-refractivity contribution in [3.05, 3.63) is 23.8 Å². The lowest BCUT2D eigenvalue weighted by atomic mass is 10.1. The zero-order valence-corrected chi connectivity index (χ0v) is 13.6. The van der Waals surface area contributed by atoms with Crippen molar-refractivity contribution in [3.8, 4) is 0 Å². The summed E-state index contributed by atoms with van der Waals surface area (Å²) in [4.78, 5) is 14.7. The molecule has 0 radical (unpaired) electrons. The van der Waals surface area contributed by atoms with Crippen LogP contribution in [0.1, 0.15) is 24.2 Å². The minimum absolute atomic E-state index is 0.0437. The lowest BCUT2D eigenvalue weighted by Crippen LogP contribution is -2.48. The molecule has 1 aliphatic rings. The van der Waals surface area contributed by atoms with Crippen molar-refractivity contribution >= 4 is 16.9 Å². The second-order valence-electron chi connectivity index (χ2n) is 6.38. The molecule has 1 aromatic heterocycles. The van der Waals surface area contributed by atoms with E-state index in [1.807, 2.05) is 0 Å². The molecule has 7 nitrogen and oxygen atoms in total. The number of morpholine rings is 1. The Hall–Kier alpha value is -1.99. The van der Waals surface area contributed by atoms with Gasteiger partial charge in [0.05, 0.1) is 12.7 Å². The maximum absolute atomic E-state index is 12.3. The quantitative estimate of drug-likeness (QED) is 0.861. The maximum atomic E-state index is 12.3. The number of benzene rings is 1. The summed E-state index contributed by atoms with van der Waals surface area (Å²) in [5.41, 5.74) is 2.03. The summed E-state index contributed by atoms with van der Waals surface area (Å²) in [7, 11) is 0. The summed E-state index contributed by atoms with van der Waals surface area (Å²) >= 11 is 0. The summed E-state index contributed by atoms with van der Waals surface area (Å²) in [6, 6.07) is 5.28. The molecule has 0 spiro atoms. The predicted molar refractivity (Wildman–Crippen MR) is 87.2 cm³/mol. The van der Waals surface area contributed by atoms with Gasteiger partial charge in [-0.1, -0.05) is 13.8 Å². The predicted octanol–water partition coefficient (Wildman–Crippen LogP) is 1.04. The van der Waals surface area contributed by atoms with E-state index in [0.29, 0.717) is 23.5 Å². The van der Waals surface area contributed by atoms with Crippen LogP contribution in [0, 0.1) is 5.92 Å². The highest BCUT2D eigenvalue weighted by Crippen LogP contribution is 2.11. The number of ether oxygens (including phenoxy) is 1. The van der Waals surface area contributed by atoms with Crippen molar-refractivity contribution in [1.29, 1.82) is 0 Å². The summed E-state index contributed by atoms with van der Waals surface area (Å²) in [6.45, 7) is 8.56. The van der Waals surface area contributed by atoms with Gasteiger partial charge in [0, 0.05) is 31.7 Å². The van der Waals surface area contributed by atoms with Gasteiger partial charge in [0.15, 0.2) is 0 Å². The average molecular weight is 317 g/mol. The molecule has 2 N–H and O–H groups in total. The van der Waals surface area contributed by atoms with E-state index in [0.717, 1.165) is 31.8 Å². The van der Waals surface area contributed by atoms with Crippen LogP contribution in [-0.2, 0) is 4.74 Å². The van der Waals surface area contributed by atoms with Crippen molar-refractivity contribution in [2.75, 3.05) is 32.8 Å². The molecule has 2 heterocycles. The number of aromatic nitrogens is 3. The van der Waals surface area contributed by atoms with E-state index in [4.69, 9.17) is 4.74 Å². The van der Waals surface area contributed by atoms with Gasteiger partial charge in [-0.2, -0.15) is 15.4 Å². The lowest BCUT2D eigenvalue weighted by molar-refractivity contribution is -0.0295. The van der Waals surface area contributed by atoms with Gasteiger partial charge in [-0.25, -0.2) is 0 Å². The van der Waals surface area contributed by atoms with Gasteiger partial charge >= 0.3 is 0 Å². The molecule has 1 aromatic carbocycles. The molecule has 0 bridgehead atoms. The molecule has 23 heavy (non-hydrogen) atoms. The number of aromatic amines is 1. The van der Waals surface area contributed by atoms with Crippen LogP contribution in [0.2, 0.25) is 0 Å². The van der Waals surface area contributed by atoms with Crippen LogP contribution >= 0.6 is 0 Å². The van der Waals surface area contributed by atoms with Crippen molar-refractivity contribution in [1.82, 2.24) is 25.6 Å². The van der Waals surface area contributed by atoms with Crippen LogP contribution in [0.4, 0.5) is 0 Å². The van der Waals surface area contributed by atoms with Crippen molar-refractivity contribution in [3.63, 3.8) is 0 Å². The second kappa shape index (κ2) is 7.06. The number of H-pyrrole nitrogens is 1. The van der Waals surface area contributed by atoms with Gasteiger partial charge < -0.3 is 10.1 Å². The Balaban J connectivity index is 1.53. The summed E-state index contributed by atoms with van der Waals surface area (Å²) < 4.78 is 5.75. The molecule has 0 aliphatic carbocycles. The molecule has 1 aliphatic heterocycles. The summed E-state index contributed by atoms with van der Waals surface area (Å²) in [6.07, 6.45) is 0.0437. The van der Waals surface area contributed by atoms with Gasteiger partial charge in [-0.15, -0.1) is 0 Å². The largest absolute Gasteiger partial charge is 0.374 e. The molecule has 0 unspecified atom stereocenters. The fourth-order valence-electron chi connectivity index (χ4n) is 2.88. The number of hydrogen-bond donors (Lipinski definition) is 2. The molecular formula is C16H23N5O2. The Morgan fingerprint density at radius 1 is 1.43 bits per heavy atom. The van der Waals surface area contributed by atoms with Gasteiger partial charge in [-0.05, 0) is 24.1 Å². The third-order valence-electron chi connectivity index (χ3n) is 3.92. The van der Waals surface area contributed by atoms with Crippen LogP contribution in [0.5, 0.6) is 0 Å². The van der Waals surface area contributed by atoms with E-state index in [9.17, 15) is 4.79 Å². The normalized spacial score (nSPS) is 19.3. The summed E-state index contributed by atoms with van der Waals surface area (Å²) in [5.74, 6) is 0.525. The minimum atomic E-state index is -0.112. The van der Waals surface area contributed by atoms with Crippen molar-refractivity contribution in [2.45, 2.75) is 20.0 Å². The molecule has 7 heteroatoms. The first-order chi connectivity index (χ1) is 11.1. The SMILES string of the molecule is CC(C)CN1CCO[C@H](CNC(=O)c2ccc3n[nH]nc3c2)C1. The number of rotatable bonds is 5. The molecule has 1 amide bonds. The zero-order valence-electron chi connectivity index (χ0n) is 13.6. The number of nitrogens with zero attached hydrogens (tertiary/aromatic N) is 3. The third-order valence-corrected chi connectivity index (χ3v) is 3.92. The highest BCUT2D eigenvalue weighted by molar-refractivity contribution is 5.97. The fourth-order valence-corrected chi connectivity index (χ4v) is 2.88. The van der Waals surface area contributed by atoms with E-state index in [2.05, 4.69) is 39.5 Å². The molecule has 1 atom stereocenters. The number of carbonyl (C=O) groups is 1. The Labute approximate surface area is 135 Å². The number of carbonyl (C=O) groups excluding carboxylic acids is 1. The maximum Gasteiger partial charge on any atom is 0.251 e. The first-order valence-corrected chi connectivity index (χ1v) is 8.04. The molecule has 2 aromatic rings. The van der Waals surface area contributed by atoms with E-state index >= 15 is 0 Å². The molecule has 3 rings (SSSR count). The standard InChI is InChI=1S/C16H23N5O2/c1-11(2)9-21-5-6-23-13(10-21)8-17-16(22)12-3-4-14-15(7-12)19-20-18-14/h3-4,7,11,13H,5-6,8-10H2,1-2H3,(H,17,22)(H,18,19,20)/t13-/m1/s1. The molecule has 1 saturated heterocycles. The first kappa shape index (κ1) is 15.9. The Morgan fingerprint density at radius 2 is 2.26 bits per heavy atom. The number of fused-ring (bicyclic) bond motifs is 1. The van der Waals surface area contributed by atoms with Crippen LogP contribution in [0.15, 0.2) is 18.2 Å². The van der Waals surface area contributed by atoms with Crippen LogP contribution < -0.4 is 5.32 Å². The second-order valence-corrected chi connectivity index (χ2v) is 6.38.